The highest BCUT2D eigenvalue weighted by Gasteiger charge is 2.40. The molecule has 3 aliphatic rings. The molecule has 1 aromatic carbocycles. The molecule has 1 aliphatic carbocycles. The number of hydrogen-bond donors (Lipinski definition) is 1. The Hall–Kier alpha value is -3.63. The molecule has 220 valence electrons. The zero-order chi connectivity index (χ0) is 29.2. The van der Waals surface area contributed by atoms with Crippen molar-refractivity contribution >= 4 is 40.1 Å². The van der Waals surface area contributed by atoms with Crippen LogP contribution in [0.1, 0.15) is 58.3 Å². The van der Waals surface area contributed by atoms with E-state index in [-0.39, 0.29) is 36.3 Å². The molecule has 4 heterocycles. The van der Waals surface area contributed by atoms with E-state index in [1.807, 2.05) is 48.7 Å². The number of rotatable bonds is 10. The maximum Gasteiger partial charge on any atom is 0.304 e. The lowest BCUT2D eigenvalue weighted by Crippen LogP contribution is -2.40. The quantitative estimate of drug-likeness (QED) is 0.319. The van der Waals surface area contributed by atoms with Crippen molar-refractivity contribution in [3.8, 4) is 22.4 Å². The van der Waals surface area contributed by atoms with E-state index in [1.165, 1.54) is 11.3 Å². The smallest absolute Gasteiger partial charge is 0.304 e. The predicted molar refractivity (Wildman–Crippen MR) is 161 cm³/mol. The number of aliphatic carboxylic acids is 1. The molecule has 1 N–H and O–H groups in total. The van der Waals surface area contributed by atoms with Crippen molar-refractivity contribution in [3.63, 3.8) is 0 Å². The first-order chi connectivity index (χ1) is 20.4. The number of aromatic nitrogens is 2. The molecule has 3 atom stereocenters. The van der Waals surface area contributed by atoms with Gasteiger partial charge in [0.15, 0.2) is 5.13 Å². The lowest BCUT2D eigenvalue weighted by Gasteiger charge is -2.31. The Balaban J connectivity index is 1.25. The molecule has 0 spiro atoms. The summed E-state index contributed by atoms with van der Waals surface area (Å²) in [6, 6.07) is 11.9. The molecule has 3 fully saturated rings. The van der Waals surface area contributed by atoms with Crippen molar-refractivity contribution in [2.45, 2.75) is 70.4 Å². The Morgan fingerprint density at radius 1 is 1.17 bits per heavy atom. The van der Waals surface area contributed by atoms with Gasteiger partial charge in [-0.25, -0.2) is 9.97 Å². The highest BCUT2D eigenvalue weighted by Crippen LogP contribution is 2.40. The van der Waals surface area contributed by atoms with E-state index in [2.05, 4.69) is 4.98 Å². The van der Waals surface area contributed by atoms with Crippen LogP contribution in [0.2, 0.25) is 0 Å². The summed E-state index contributed by atoms with van der Waals surface area (Å²) in [5.41, 5.74) is 3.56. The fraction of sp³-hybridized carbons (Fsp3) is 0.469. The van der Waals surface area contributed by atoms with Crippen LogP contribution in [-0.2, 0) is 19.1 Å². The van der Waals surface area contributed by atoms with Gasteiger partial charge in [0.1, 0.15) is 5.82 Å². The molecule has 0 radical (unpaired) electrons. The zero-order valence-corrected chi connectivity index (χ0v) is 24.6. The monoisotopic (exact) mass is 588 g/mol. The van der Waals surface area contributed by atoms with Gasteiger partial charge in [0, 0.05) is 54.2 Å². The lowest BCUT2D eigenvalue weighted by molar-refractivity contribution is -0.141. The summed E-state index contributed by atoms with van der Waals surface area (Å²) >= 11 is 1.42. The summed E-state index contributed by atoms with van der Waals surface area (Å²) in [5, 5.41) is 12.3. The third kappa shape index (κ3) is 6.24. The Labute approximate surface area is 249 Å². The van der Waals surface area contributed by atoms with Crippen molar-refractivity contribution in [2.24, 2.45) is 11.8 Å². The Bertz CT molecular complexity index is 1450. The van der Waals surface area contributed by atoms with Gasteiger partial charge >= 0.3 is 5.97 Å². The molecule has 1 saturated carbocycles. The number of ether oxygens (including phenoxy) is 1. The molecule has 10 heteroatoms. The summed E-state index contributed by atoms with van der Waals surface area (Å²) in [4.78, 5) is 51.0. The first kappa shape index (κ1) is 28.5. The second-order valence-corrected chi connectivity index (χ2v) is 12.5. The van der Waals surface area contributed by atoms with Gasteiger partial charge in [-0.05, 0) is 69.1 Å². The number of carboxylic acid groups (broad SMARTS) is 1. The van der Waals surface area contributed by atoms with E-state index >= 15 is 0 Å². The van der Waals surface area contributed by atoms with E-state index in [0.717, 1.165) is 54.5 Å². The normalized spacial score (nSPS) is 21.4. The average molecular weight is 589 g/mol. The standard InChI is InChI=1S/C32H36N4O5S/c1-20-15-21(12-14-41-20)16-23(17-30(38)39)31(40)36(24-9-10-24)32-34-27(19-42-32)26-6-3-2-5-25(26)22-8-11-28(33-18-22)35-13-4-7-29(35)37/h2-3,5-6,8,11,18-21,23-24H,4,7,9-10,12-17H2,1H3,(H,38,39)/t20-,21?,23?/m0/s1. The predicted octanol–water partition coefficient (Wildman–Crippen LogP) is 5.79. The number of thiazole rings is 1. The first-order valence-electron chi connectivity index (χ1n) is 14.9. The molecule has 2 unspecified atom stereocenters. The number of nitrogens with zero attached hydrogens (tertiary/aromatic N) is 4. The van der Waals surface area contributed by atoms with E-state index in [1.54, 1.807) is 16.0 Å². The topological polar surface area (TPSA) is 113 Å². The van der Waals surface area contributed by atoms with Gasteiger partial charge in [0.05, 0.1) is 18.2 Å². The van der Waals surface area contributed by atoms with Crippen LogP contribution in [0.5, 0.6) is 0 Å². The summed E-state index contributed by atoms with van der Waals surface area (Å²) in [5.74, 6) is -0.639. The van der Waals surface area contributed by atoms with Crippen molar-refractivity contribution in [2.75, 3.05) is 23.0 Å². The molecule has 2 amide bonds. The van der Waals surface area contributed by atoms with E-state index in [9.17, 15) is 19.5 Å². The van der Waals surface area contributed by atoms with Gasteiger partial charge in [0.2, 0.25) is 11.8 Å². The van der Waals surface area contributed by atoms with Crippen LogP contribution in [0.3, 0.4) is 0 Å². The van der Waals surface area contributed by atoms with Crippen LogP contribution >= 0.6 is 11.3 Å². The van der Waals surface area contributed by atoms with Crippen LogP contribution in [0.15, 0.2) is 48.0 Å². The van der Waals surface area contributed by atoms with Crippen LogP contribution in [0.4, 0.5) is 10.9 Å². The van der Waals surface area contributed by atoms with Crippen molar-refractivity contribution in [1.29, 1.82) is 0 Å². The van der Waals surface area contributed by atoms with Crippen molar-refractivity contribution in [3.05, 3.63) is 48.0 Å². The van der Waals surface area contributed by atoms with Crippen LogP contribution in [0, 0.1) is 11.8 Å². The summed E-state index contributed by atoms with van der Waals surface area (Å²) in [7, 11) is 0. The highest BCUT2D eigenvalue weighted by atomic mass is 32.1. The zero-order valence-electron chi connectivity index (χ0n) is 23.8. The fourth-order valence-electron chi connectivity index (χ4n) is 6.20. The van der Waals surface area contributed by atoms with Crippen LogP contribution < -0.4 is 9.80 Å². The number of anilines is 2. The third-order valence-electron chi connectivity index (χ3n) is 8.44. The number of carbonyl (C=O) groups excluding carboxylic acids is 2. The number of benzene rings is 1. The number of hydrogen-bond acceptors (Lipinski definition) is 7. The van der Waals surface area contributed by atoms with Crippen molar-refractivity contribution in [1.82, 2.24) is 9.97 Å². The first-order valence-corrected chi connectivity index (χ1v) is 15.7. The molecular formula is C32H36N4O5S. The summed E-state index contributed by atoms with van der Waals surface area (Å²) in [6.07, 6.45) is 7.17. The maximum absolute atomic E-state index is 14.0. The molecule has 42 heavy (non-hydrogen) atoms. The average Bonchev–Trinajstić information content (AvgIpc) is 3.53. The molecule has 2 saturated heterocycles. The number of carboxylic acids is 1. The number of carbonyl (C=O) groups is 3. The second kappa shape index (κ2) is 12.3. The van der Waals surface area contributed by atoms with Gasteiger partial charge in [-0.1, -0.05) is 24.3 Å². The second-order valence-electron chi connectivity index (χ2n) is 11.7. The molecule has 2 aliphatic heterocycles. The highest BCUT2D eigenvalue weighted by molar-refractivity contribution is 7.14. The Morgan fingerprint density at radius 2 is 1.98 bits per heavy atom. The fourth-order valence-corrected chi connectivity index (χ4v) is 7.10. The molecule has 6 rings (SSSR count). The number of pyridine rings is 1. The molecular weight excluding hydrogens is 552 g/mol. The largest absolute Gasteiger partial charge is 0.481 e. The molecule has 9 nitrogen and oxygen atoms in total. The Kier molecular flexibility index (Phi) is 8.35. The Morgan fingerprint density at radius 3 is 2.64 bits per heavy atom. The number of amides is 2. The van der Waals surface area contributed by atoms with Crippen molar-refractivity contribution < 1.29 is 24.2 Å². The molecule has 0 bridgehead atoms. The van der Waals surface area contributed by atoms with Gasteiger partial charge < -0.3 is 9.84 Å². The molecule has 2 aromatic heterocycles. The minimum atomic E-state index is -0.952. The van der Waals surface area contributed by atoms with E-state index < -0.39 is 11.9 Å². The van der Waals surface area contributed by atoms with E-state index in [4.69, 9.17) is 9.72 Å². The van der Waals surface area contributed by atoms with E-state index in [0.29, 0.717) is 36.9 Å². The van der Waals surface area contributed by atoms with Crippen LogP contribution in [0.25, 0.3) is 22.4 Å². The SMILES string of the molecule is C[C@H]1CC(CC(CC(=O)O)C(=O)N(c2nc(-c3ccccc3-c3ccc(N4CCCC4=O)nc3)cs2)C2CC2)CCO1. The molecule has 3 aromatic rings. The van der Waals surface area contributed by atoms with Gasteiger partial charge in [-0.2, -0.15) is 0 Å². The maximum atomic E-state index is 14.0. The minimum Gasteiger partial charge on any atom is -0.481 e. The lowest BCUT2D eigenvalue weighted by atomic mass is 9.84. The van der Waals surface area contributed by atoms with Gasteiger partial charge in [-0.3, -0.25) is 24.2 Å². The van der Waals surface area contributed by atoms with Gasteiger partial charge in [0.25, 0.3) is 0 Å². The minimum absolute atomic E-state index is 0.0571. The van der Waals surface area contributed by atoms with Crippen LogP contribution in [-0.4, -0.2) is 58.2 Å². The summed E-state index contributed by atoms with van der Waals surface area (Å²) < 4.78 is 5.68. The third-order valence-corrected chi connectivity index (χ3v) is 9.28. The summed E-state index contributed by atoms with van der Waals surface area (Å²) in [6.45, 7) is 3.38. The van der Waals surface area contributed by atoms with Gasteiger partial charge in [-0.15, -0.1) is 11.3 Å².